The largest absolute Gasteiger partial charge is 0.309 e. The Hall–Kier alpha value is -8.94. The van der Waals surface area contributed by atoms with Crippen molar-refractivity contribution in [3.63, 3.8) is 0 Å². The zero-order chi connectivity index (χ0) is 46.8. The summed E-state index contributed by atoms with van der Waals surface area (Å²) in [5, 5.41) is 15.3. The van der Waals surface area contributed by atoms with Gasteiger partial charge in [0, 0.05) is 96.8 Å². The van der Waals surface area contributed by atoms with Gasteiger partial charge >= 0.3 is 0 Å². The van der Waals surface area contributed by atoms with E-state index in [2.05, 4.69) is 249 Å². The van der Waals surface area contributed by atoms with Crippen LogP contribution in [-0.4, -0.2) is 8.80 Å². The maximum atomic E-state index is 2.53. The maximum absolute atomic E-state index is 2.53. The summed E-state index contributed by atoms with van der Waals surface area (Å²) in [6, 6.07) is 85.7. The second-order valence-electron chi connectivity index (χ2n) is 19.2. The van der Waals surface area contributed by atoms with Crippen molar-refractivity contribution in [2.75, 3.05) is 9.80 Å². The lowest BCUT2D eigenvalue weighted by Gasteiger charge is -2.26. The first kappa shape index (κ1) is 38.9. The van der Waals surface area contributed by atoms with E-state index < -0.39 is 0 Å². The van der Waals surface area contributed by atoms with E-state index in [0.29, 0.717) is 0 Å². The normalized spacial score (nSPS) is 12.4. The quantitative estimate of drug-likeness (QED) is 0.165. The number of para-hydroxylation sites is 4. The molecule has 4 nitrogen and oxygen atoms in total. The standard InChI is InChI=1S/C66H38N4S2/c1-3-15-39(16-4-1)67(57-27-13-25-49-43-19-7-9-29-61(43)71-65(49)57)41-31-33-55-51(35-41)45-21-11-23-47-53-38-60-54(37-59(53)69(55)63(45)47)48-24-12-22-46-52-36-42(32-34-56(52)70(60)64(46)48)68(40-17-5-2-6-18-40)58-28-14-26-50-44-20-8-10-30-62(44)72-66(50)58/h1-38H. The van der Waals surface area contributed by atoms with Gasteiger partial charge < -0.3 is 18.6 Å². The second-order valence-corrected chi connectivity index (χ2v) is 21.3. The Morgan fingerprint density at radius 1 is 0.250 bits per heavy atom. The fourth-order valence-electron chi connectivity index (χ4n) is 12.5. The van der Waals surface area contributed by atoms with Gasteiger partial charge in [0.15, 0.2) is 0 Å². The van der Waals surface area contributed by atoms with Gasteiger partial charge in [-0.25, -0.2) is 0 Å². The molecule has 11 aromatic carbocycles. The lowest BCUT2D eigenvalue weighted by atomic mass is 10.0. The zero-order valence-electron chi connectivity index (χ0n) is 38.5. The maximum Gasteiger partial charge on any atom is 0.0640 e. The SMILES string of the molecule is c1ccc(N(c2ccc3c(c2)c2cccc4c5cc6c(cc5n3c24)c2cccc3c4cc(N(c5ccccc5)c5cccc7c5sc5ccccc57)ccc4n6c32)c2cccc3c2sc2ccccc23)cc1. The first-order chi connectivity index (χ1) is 35.7. The first-order valence-electron chi connectivity index (χ1n) is 24.6. The van der Waals surface area contributed by atoms with Crippen LogP contribution in [0.3, 0.4) is 0 Å². The molecule has 0 N–H and O–H groups in total. The van der Waals surface area contributed by atoms with E-state index in [0.717, 1.165) is 22.7 Å². The van der Waals surface area contributed by atoms with E-state index in [1.165, 1.54) is 128 Å². The van der Waals surface area contributed by atoms with Gasteiger partial charge in [-0.05, 0) is 97.1 Å². The molecule has 0 fully saturated rings. The molecule has 0 aliphatic rings. The van der Waals surface area contributed by atoms with Crippen LogP contribution in [0.4, 0.5) is 34.1 Å². The highest BCUT2D eigenvalue weighted by Gasteiger charge is 2.26. The average molecular weight is 951 g/mol. The highest BCUT2D eigenvalue weighted by molar-refractivity contribution is 7.26. The van der Waals surface area contributed by atoms with Gasteiger partial charge in [0.25, 0.3) is 0 Å². The number of hydrogen-bond acceptors (Lipinski definition) is 4. The summed E-state index contributed by atoms with van der Waals surface area (Å²) in [6.45, 7) is 0. The Morgan fingerprint density at radius 2 is 0.611 bits per heavy atom. The predicted molar refractivity (Wildman–Crippen MR) is 311 cm³/mol. The topological polar surface area (TPSA) is 15.3 Å². The van der Waals surface area contributed by atoms with Crippen LogP contribution in [-0.2, 0) is 0 Å². The number of hydrogen-bond donors (Lipinski definition) is 0. The van der Waals surface area contributed by atoms with Crippen molar-refractivity contribution < 1.29 is 0 Å². The molecule has 0 radical (unpaired) electrons. The van der Waals surface area contributed by atoms with E-state index in [4.69, 9.17) is 0 Å². The van der Waals surface area contributed by atoms with Crippen molar-refractivity contribution in [1.82, 2.24) is 8.80 Å². The molecule has 6 heterocycles. The molecule has 0 saturated carbocycles. The van der Waals surface area contributed by atoms with Crippen molar-refractivity contribution in [2.24, 2.45) is 0 Å². The lowest BCUT2D eigenvalue weighted by molar-refractivity contribution is 1.30. The van der Waals surface area contributed by atoms with Crippen LogP contribution in [0.25, 0.3) is 117 Å². The van der Waals surface area contributed by atoms with E-state index in [9.17, 15) is 0 Å². The molecule has 72 heavy (non-hydrogen) atoms. The van der Waals surface area contributed by atoms with E-state index in [-0.39, 0.29) is 0 Å². The van der Waals surface area contributed by atoms with Gasteiger partial charge in [-0.1, -0.05) is 133 Å². The molecule has 6 aromatic heterocycles. The zero-order valence-corrected chi connectivity index (χ0v) is 40.2. The van der Waals surface area contributed by atoms with Gasteiger partial charge in [-0.3, -0.25) is 0 Å². The van der Waals surface area contributed by atoms with Crippen LogP contribution in [0.5, 0.6) is 0 Å². The summed E-state index contributed by atoms with van der Waals surface area (Å²) >= 11 is 3.75. The van der Waals surface area contributed by atoms with Crippen LogP contribution in [0.1, 0.15) is 0 Å². The average Bonchev–Trinajstić information content (AvgIpc) is 4.29. The van der Waals surface area contributed by atoms with Gasteiger partial charge in [0.1, 0.15) is 0 Å². The molecule has 334 valence electrons. The third kappa shape index (κ3) is 5.14. The fraction of sp³-hybridized carbons (Fsp3) is 0. The molecule has 0 aliphatic carbocycles. The van der Waals surface area contributed by atoms with Gasteiger partial charge in [-0.15, -0.1) is 22.7 Å². The summed E-state index contributed by atoms with van der Waals surface area (Å²) < 4.78 is 10.3. The van der Waals surface area contributed by atoms with Crippen molar-refractivity contribution >= 4 is 173 Å². The number of benzene rings is 11. The molecular formula is C66H38N4S2. The molecule has 0 atom stereocenters. The minimum absolute atomic E-state index is 1.14. The van der Waals surface area contributed by atoms with E-state index >= 15 is 0 Å². The number of thiophene rings is 2. The molecule has 17 aromatic rings. The smallest absolute Gasteiger partial charge is 0.0640 e. The van der Waals surface area contributed by atoms with E-state index in [1.807, 2.05) is 22.7 Å². The Balaban J connectivity index is 0.862. The number of fused-ring (bicyclic) bond motifs is 18. The third-order valence-electron chi connectivity index (χ3n) is 15.5. The third-order valence-corrected chi connectivity index (χ3v) is 17.9. The first-order valence-corrected chi connectivity index (χ1v) is 26.2. The van der Waals surface area contributed by atoms with Crippen molar-refractivity contribution in [3.05, 3.63) is 231 Å². The summed E-state index contributed by atoms with van der Waals surface area (Å²) in [5.74, 6) is 0. The number of anilines is 6. The van der Waals surface area contributed by atoms with Crippen molar-refractivity contribution in [1.29, 1.82) is 0 Å². The monoisotopic (exact) mass is 950 g/mol. The van der Waals surface area contributed by atoms with Crippen LogP contribution in [0.15, 0.2) is 231 Å². The minimum atomic E-state index is 1.14. The van der Waals surface area contributed by atoms with Crippen molar-refractivity contribution in [2.45, 2.75) is 0 Å². The lowest BCUT2D eigenvalue weighted by Crippen LogP contribution is -2.09. The molecule has 6 heteroatoms. The van der Waals surface area contributed by atoms with Gasteiger partial charge in [0.05, 0.1) is 53.9 Å². The van der Waals surface area contributed by atoms with Crippen LogP contribution in [0, 0.1) is 0 Å². The summed E-state index contributed by atoms with van der Waals surface area (Å²) in [7, 11) is 0. The minimum Gasteiger partial charge on any atom is -0.309 e. The van der Waals surface area contributed by atoms with Crippen molar-refractivity contribution in [3.8, 4) is 0 Å². The summed E-state index contributed by atoms with van der Waals surface area (Å²) in [6.07, 6.45) is 0. The molecule has 0 aliphatic heterocycles. The summed E-state index contributed by atoms with van der Waals surface area (Å²) in [4.78, 5) is 4.90. The Bertz CT molecular complexity index is 4740. The fourth-order valence-corrected chi connectivity index (χ4v) is 14.9. The molecule has 0 unspecified atom stereocenters. The highest BCUT2D eigenvalue weighted by Crippen LogP contribution is 2.50. The summed E-state index contributed by atoms with van der Waals surface area (Å²) in [5.41, 5.74) is 14.4. The Kier molecular flexibility index (Phi) is 7.73. The van der Waals surface area contributed by atoms with E-state index in [1.54, 1.807) is 0 Å². The number of rotatable bonds is 6. The van der Waals surface area contributed by atoms with Crippen LogP contribution >= 0.6 is 22.7 Å². The highest BCUT2D eigenvalue weighted by atomic mass is 32.1. The molecule has 0 saturated heterocycles. The number of nitrogens with zero attached hydrogens (tertiary/aromatic N) is 4. The second kappa shape index (κ2) is 14.3. The molecule has 17 rings (SSSR count). The Morgan fingerprint density at radius 3 is 1.06 bits per heavy atom. The predicted octanol–water partition coefficient (Wildman–Crippen LogP) is 19.7. The van der Waals surface area contributed by atoms with Crippen LogP contribution < -0.4 is 9.80 Å². The Labute approximate surface area is 419 Å². The molecule has 0 bridgehead atoms. The van der Waals surface area contributed by atoms with Crippen LogP contribution in [0.2, 0.25) is 0 Å². The number of aromatic nitrogens is 2. The van der Waals surface area contributed by atoms with Gasteiger partial charge in [-0.2, -0.15) is 0 Å². The van der Waals surface area contributed by atoms with Gasteiger partial charge in [0.2, 0.25) is 0 Å². The molecule has 0 spiro atoms. The molecule has 0 amide bonds. The molecular weight excluding hydrogens is 913 g/mol.